The molecule has 1 aromatic carbocycles. The fourth-order valence-corrected chi connectivity index (χ4v) is 1.56. The first-order chi connectivity index (χ1) is 8.88. The van der Waals surface area contributed by atoms with Crippen LogP contribution in [0, 0.1) is 0 Å². The van der Waals surface area contributed by atoms with E-state index < -0.39 is 0 Å². The molecule has 1 unspecified atom stereocenters. The van der Waals surface area contributed by atoms with Gasteiger partial charge in [0.2, 0.25) is 0 Å². The minimum atomic E-state index is -0.322. The van der Waals surface area contributed by atoms with Gasteiger partial charge in [-0.2, -0.15) is 0 Å². The highest BCUT2D eigenvalue weighted by atomic mass is 16.6. The number of benzene rings is 1. The molecule has 1 rings (SSSR count). The van der Waals surface area contributed by atoms with Crippen molar-refractivity contribution in [3.63, 3.8) is 0 Å². The van der Waals surface area contributed by atoms with Gasteiger partial charge in [0.25, 0.3) is 0 Å². The molecule has 0 fully saturated rings. The van der Waals surface area contributed by atoms with Crippen LogP contribution in [-0.4, -0.2) is 24.8 Å². The molecule has 0 amide bonds. The van der Waals surface area contributed by atoms with E-state index in [-0.39, 0.29) is 30.6 Å². The molecule has 0 aliphatic carbocycles. The molecule has 2 N–H and O–H groups in total. The van der Waals surface area contributed by atoms with Gasteiger partial charge in [-0.1, -0.05) is 30.3 Å². The molecule has 0 aliphatic heterocycles. The molecule has 1 atom stereocenters. The SMILES string of the molecule is CC(C)(C)OCCOC(=O)CC(N)c1ccccc1. The second-order valence-corrected chi connectivity index (χ2v) is 5.40. The van der Waals surface area contributed by atoms with Crippen molar-refractivity contribution in [1.82, 2.24) is 0 Å². The van der Waals surface area contributed by atoms with Crippen LogP contribution >= 0.6 is 0 Å². The van der Waals surface area contributed by atoms with Crippen molar-refractivity contribution >= 4 is 5.97 Å². The lowest BCUT2D eigenvalue weighted by Gasteiger charge is -2.19. The summed E-state index contributed by atoms with van der Waals surface area (Å²) < 4.78 is 10.5. The van der Waals surface area contributed by atoms with Crippen LogP contribution in [0.5, 0.6) is 0 Å². The second kappa shape index (κ2) is 7.26. The molecule has 0 bridgehead atoms. The number of nitrogens with two attached hydrogens (primary N) is 1. The Hall–Kier alpha value is -1.39. The van der Waals surface area contributed by atoms with Crippen LogP contribution in [-0.2, 0) is 14.3 Å². The topological polar surface area (TPSA) is 61.5 Å². The summed E-state index contributed by atoms with van der Waals surface area (Å²) in [6.07, 6.45) is 0.180. The Labute approximate surface area is 114 Å². The lowest BCUT2D eigenvalue weighted by molar-refractivity contribution is -0.147. The average Bonchev–Trinajstić information content (AvgIpc) is 2.34. The predicted octanol–water partition coefficient (Wildman–Crippen LogP) is 2.43. The number of carbonyl (C=O) groups is 1. The molecule has 0 aromatic heterocycles. The van der Waals surface area contributed by atoms with E-state index in [4.69, 9.17) is 15.2 Å². The summed E-state index contributed by atoms with van der Waals surface area (Å²) in [5.74, 6) is -0.297. The smallest absolute Gasteiger partial charge is 0.307 e. The standard InChI is InChI=1S/C15H23NO3/c1-15(2,3)19-10-9-18-14(17)11-13(16)12-7-5-4-6-8-12/h4-8,13H,9-11,16H2,1-3H3. The van der Waals surface area contributed by atoms with Crippen molar-refractivity contribution in [2.24, 2.45) is 5.73 Å². The summed E-state index contributed by atoms with van der Waals surface area (Å²) in [5.41, 5.74) is 6.66. The first-order valence-electron chi connectivity index (χ1n) is 6.48. The van der Waals surface area contributed by atoms with Gasteiger partial charge in [-0.15, -0.1) is 0 Å². The van der Waals surface area contributed by atoms with E-state index >= 15 is 0 Å². The van der Waals surface area contributed by atoms with Crippen LogP contribution < -0.4 is 5.73 Å². The van der Waals surface area contributed by atoms with Gasteiger partial charge >= 0.3 is 5.97 Å². The summed E-state index contributed by atoms with van der Waals surface area (Å²) in [4.78, 5) is 11.6. The van der Waals surface area contributed by atoms with Crippen LogP contribution in [0.1, 0.15) is 38.8 Å². The van der Waals surface area contributed by atoms with Gasteiger partial charge in [-0.3, -0.25) is 4.79 Å². The monoisotopic (exact) mass is 265 g/mol. The number of carbonyl (C=O) groups excluding carboxylic acids is 1. The summed E-state index contributed by atoms with van der Waals surface area (Å²) in [7, 11) is 0. The zero-order valence-electron chi connectivity index (χ0n) is 11.9. The first-order valence-corrected chi connectivity index (χ1v) is 6.48. The third-order valence-corrected chi connectivity index (χ3v) is 2.50. The Morgan fingerprint density at radius 1 is 1.21 bits per heavy atom. The number of esters is 1. The van der Waals surface area contributed by atoms with Gasteiger partial charge in [0.05, 0.1) is 18.6 Å². The largest absolute Gasteiger partial charge is 0.463 e. The van der Waals surface area contributed by atoms with Crippen LogP contribution in [0.15, 0.2) is 30.3 Å². The lowest BCUT2D eigenvalue weighted by Crippen LogP contribution is -2.23. The zero-order chi connectivity index (χ0) is 14.3. The molecule has 4 heteroatoms. The number of ether oxygens (including phenoxy) is 2. The maximum atomic E-state index is 11.6. The highest BCUT2D eigenvalue weighted by Crippen LogP contribution is 2.13. The number of hydrogen-bond donors (Lipinski definition) is 1. The zero-order valence-corrected chi connectivity index (χ0v) is 11.9. The summed E-state index contributed by atoms with van der Waals surface area (Å²) in [6.45, 7) is 6.54. The lowest BCUT2D eigenvalue weighted by atomic mass is 10.1. The average molecular weight is 265 g/mol. The maximum Gasteiger partial charge on any atom is 0.307 e. The van der Waals surface area contributed by atoms with Crippen LogP contribution in [0.3, 0.4) is 0 Å². The normalized spacial score (nSPS) is 13.1. The Morgan fingerprint density at radius 3 is 2.42 bits per heavy atom. The Bertz CT molecular complexity index is 384. The van der Waals surface area contributed by atoms with Crippen LogP contribution in [0.25, 0.3) is 0 Å². The molecular formula is C15H23NO3. The molecule has 0 heterocycles. The van der Waals surface area contributed by atoms with Crippen molar-refractivity contribution in [2.45, 2.75) is 38.8 Å². The third kappa shape index (κ3) is 6.94. The van der Waals surface area contributed by atoms with Gasteiger partial charge in [-0.05, 0) is 26.3 Å². The maximum absolute atomic E-state index is 11.6. The van der Waals surface area contributed by atoms with E-state index in [1.54, 1.807) is 0 Å². The fourth-order valence-electron chi connectivity index (χ4n) is 1.56. The molecule has 0 saturated carbocycles. The fraction of sp³-hybridized carbons (Fsp3) is 0.533. The minimum Gasteiger partial charge on any atom is -0.463 e. The highest BCUT2D eigenvalue weighted by molar-refractivity contribution is 5.70. The second-order valence-electron chi connectivity index (χ2n) is 5.40. The van der Waals surface area contributed by atoms with Gasteiger partial charge in [0, 0.05) is 6.04 Å². The van der Waals surface area contributed by atoms with E-state index in [2.05, 4.69) is 0 Å². The van der Waals surface area contributed by atoms with Crippen molar-refractivity contribution in [1.29, 1.82) is 0 Å². The van der Waals surface area contributed by atoms with E-state index in [9.17, 15) is 4.79 Å². The third-order valence-electron chi connectivity index (χ3n) is 2.50. The minimum absolute atomic E-state index is 0.180. The van der Waals surface area contributed by atoms with Gasteiger partial charge < -0.3 is 15.2 Å². The Kier molecular flexibility index (Phi) is 5.99. The van der Waals surface area contributed by atoms with E-state index in [0.29, 0.717) is 6.61 Å². The van der Waals surface area contributed by atoms with Crippen molar-refractivity contribution in [3.8, 4) is 0 Å². The Balaban J connectivity index is 2.24. The molecule has 1 aromatic rings. The number of rotatable bonds is 6. The molecule has 0 saturated heterocycles. The van der Waals surface area contributed by atoms with Crippen LogP contribution in [0.4, 0.5) is 0 Å². The molecule has 0 spiro atoms. The van der Waals surface area contributed by atoms with E-state index in [0.717, 1.165) is 5.56 Å². The van der Waals surface area contributed by atoms with Crippen molar-refractivity contribution < 1.29 is 14.3 Å². The van der Waals surface area contributed by atoms with Crippen molar-refractivity contribution in [2.75, 3.05) is 13.2 Å². The van der Waals surface area contributed by atoms with E-state index in [1.807, 2.05) is 51.1 Å². The highest BCUT2D eigenvalue weighted by Gasteiger charge is 2.13. The van der Waals surface area contributed by atoms with Gasteiger partial charge in [-0.25, -0.2) is 0 Å². The molecule has 0 radical (unpaired) electrons. The predicted molar refractivity (Wildman–Crippen MR) is 74.7 cm³/mol. The molecule has 4 nitrogen and oxygen atoms in total. The van der Waals surface area contributed by atoms with Gasteiger partial charge in [0.1, 0.15) is 6.61 Å². The molecule has 106 valence electrons. The van der Waals surface area contributed by atoms with E-state index in [1.165, 1.54) is 0 Å². The van der Waals surface area contributed by atoms with Crippen molar-refractivity contribution in [3.05, 3.63) is 35.9 Å². The quantitative estimate of drug-likeness (QED) is 0.634. The summed E-state index contributed by atoms with van der Waals surface area (Å²) in [6, 6.07) is 9.20. The van der Waals surface area contributed by atoms with Gasteiger partial charge in [0.15, 0.2) is 0 Å². The summed E-state index contributed by atoms with van der Waals surface area (Å²) >= 11 is 0. The summed E-state index contributed by atoms with van der Waals surface area (Å²) in [5, 5.41) is 0. The molecule has 0 aliphatic rings. The van der Waals surface area contributed by atoms with Crippen LogP contribution in [0.2, 0.25) is 0 Å². The Morgan fingerprint density at radius 2 is 1.84 bits per heavy atom. The molecular weight excluding hydrogens is 242 g/mol. The first kappa shape index (κ1) is 15.7. The molecule has 19 heavy (non-hydrogen) atoms. The number of hydrogen-bond acceptors (Lipinski definition) is 4.